The lowest BCUT2D eigenvalue weighted by Gasteiger charge is -2.45. The zero-order valence-electron chi connectivity index (χ0n) is 10.2. The van der Waals surface area contributed by atoms with Crippen LogP contribution >= 0.6 is 0 Å². The van der Waals surface area contributed by atoms with Crippen LogP contribution in [0.3, 0.4) is 0 Å². The molecular formula is C15H20N+. The van der Waals surface area contributed by atoms with Gasteiger partial charge in [0.2, 0.25) is 0 Å². The monoisotopic (exact) mass is 214 g/mol. The maximum absolute atomic E-state index is 2.48. The Labute approximate surface area is 97.8 Å². The van der Waals surface area contributed by atoms with E-state index in [4.69, 9.17) is 0 Å². The van der Waals surface area contributed by atoms with E-state index in [1.165, 1.54) is 31.2 Å². The molecule has 0 spiro atoms. The van der Waals surface area contributed by atoms with Gasteiger partial charge in [-0.25, -0.2) is 4.58 Å². The minimum Gasteiger partial charge on any atom is -0.236 e. The summed E-state index contributed by atoms with van der Waals surface area (Å²) < 4.78 is 2.47. The van der Waals surface area contributed by atoms with Gasteiger partial charge in [-0.05, 0) is 18.4 Å². The van der Waals surface area contributed by atoms with Gasteiger partial charge in [-0.2, -0.15) is 0 Å². The van der Waals surface area contributed by atoms with Crippen molar-refractivity contribution in [3.8, 4) is 0 Å². The molecule has 0 N–H and O–H groups in total. The topological polar surface area (TPSA) is 3.01 Å². The molecular weight excluding hydrogens is 194 g/mol. The summed E-state index contributed by atoms with van der Waals surface area (Å²) in [4.78, 5) is 0. The summed E-state index contributed by atoms with van der Waals surface area (Å²) >= 11 is 0. The van der Waals surface area contributed by atoms with Gasteiger partial charge in [0.05, 0.1) is 5.41 Å². The van der Waals surface area contributed by atoms with E-state index in [2.05, 4.69) is 55.1 Å². The Morgan fingerprint density at radius 2 is 1.62 bits per heavy atom. The first-order valence-corrected chi connectivity index (χ1v) is 6.29. The molecule has 84 valence electrons. The van der Waals surface area contributed by atoms with Gasteiger partial charge in [0, 0.05) is 19.8 Å². The normalized spacial score (nSPS) is 37.2. The van der Waals surface area contributed by atoms with Gasteiger partial charge < -0.3 is 0 Å². The highest BCUT2D eigenvalue weighted by atomic mass is 15.1. The van der Waals surface area contributed by atoms with Crippen LogP contribution in [0.15, 0.2) is 30.3 Å². The van der Waals surface area contributed by atoms with E-state index >= 15 is 0 Å². The molecule has 2 bridgehead atoms. The van der Waals surface area contributed by atoms with Crippen LogP contribution in [0.2, 0.25) is 0 Å². The molecule has 1 saturated carbocycles. The molecule has 2 heterocycles. The quantitative estimate of drug-likeness (QED) is 0.632. The van der Waals surface area contributed by atoms with Crippen molar-refractivity contribution in [3.63, 3.8) is 0 Å². The lowest BCUT2D eigenvalue weighted by atomic mass is 9.62. The van der Waals surface area contributed by atoms with E-state index in [1.54, 1.807) is 0 Å². The average molecular weight is 214 g/mol. The molecule has 3 aliphatic rings. The summed E-state index contributed by atoms with van der Waals surface area (Å²) in [6.07, 6.45) is 7.77. The van der Waals surface area contributed by atoms with E-state index in [0.29, 0.717) is 11.0 Å². The van der Waals surface area contributed by atoms with E-state index in [0.717, 1.165) is 0 Å². The van der Waals surface area contributed by atoms with Crippen LogP contribution in [-0.4, -0.2) is 23.4 Å². The second-order valence-electron chi connectivity index (χ2n) is 5.76. The van der Waals surface area contributed by atoms with Crippen molar-refractivity contribution in [2.45, 2.75) is 43.6 Å². The van der Waals surface area contributed by atoms with Gasteiger partial charge in [0.15, 0.2) is 11.8 Å². The van der Waals surface area contributed by atoms with E-state index < -0.39 is 0 Å². The van der Waals surface area contributed by atoms with Gasteiger partial charge in [-0.3, -0.25) is 0 Å². The minimum absolute atomic E-state index is 0.327. The summed E-state index contributed by atoms with van der Waals surface area (Å²) in [5, 5.41) is 0. The molecule has 0 aromatic heterocycles. The molecule has 0 amide bonds. The van der Waals surface area contributed by atoms with Crippen molar-refractivity contribution in [1.82, 2.24) is 0 Å². The first-order chi connectivity index (χ1) is 7.65. The smallest absolute Gasteiger partial charge is 0.159 e. The molecule has 1 fully saturated rings. The van der Waals surface area contributed by atoms with Crippen LogP contribution in [0.5, 0.6) is 0 Å². The second kappa shape index (κ2) is 3.19. The largest absolute Gasteiger partial charge is 0.236 e. The Morgan fingerprint density at radius 3 is 2.19 bits per heavy atom. The Kier molecular flexibility index (Phi) is 2.01. The maximum atomic E-state index is 2.48. The van der Waals surface area contributed by atoms with Crippen molar-refractivity contribution in [3.05, 3.63) is 35.9 Å². The fourth-order valence-electron chi connectivity index (χ4n) is 3.38. The van der Waals surface area contributed by atoms with Crippen molar-refractivity contribution >= 4 is 6.21 Å². The number of hydrogen-bond donors (Lipinski definition) is 0. The Balaban J connectivity index is 2.09. The van der Waals surface area contributed by atoms with Crippen molar-refractivity contribution < 1.29 is 4.58 Å². The number of benzene rings is 1. The number of hydrogen-bond acceptors (Lipinski definition) is 0. The molecule has 1 aromatic carbocycles. The fraction of sp³-hybridized carbons (Fsp3) is 0.533. The van der Waals surface area contributed by atoms with E-state index in [-0.39, 0.29) is 0 Å². The molecule has 4 rings (SSSR count). The molecule has 0 radical (unpaired) electrons. The second-order valence-corrected chi connectivity index (χ2v) is 5.76. The molecule has 0 unspecified atom stereocenters. The van der Waals surface area contributed by atoms with Gasteiger partial charge in [-0.1, -0.05) is 30.3 Å². The Morgan fingerprint density at radius 1 is 1.00 bits per heavy atom. The molecule has 2 aliphatic heterocycles. The third kappa shape index (κ3) is 1.27. The zero-order chi connectivity index (χ0) is 11.2. The third-order valence-corrected chi connectivity index (χ3v) is 4.86. The number of rotatable bonds is 1. The van der Waals surface area contributed by atoms with Crippen LogP contribution in [0, 0.1) is 0 Å². The lowest BCUT2D eigenvalue weighted by molar-refractivity contribution is -0.592. The summed E-state index contributed by atoms with van der Waals surface area (Å²) in [6, 6.07) is 11.0. The van der Waals surface area contributed by atoms with Crippen LogP contribution in [-0.2, 0) is 5.41 Å². The molecule has 1 nitrogen and oxygen atoms in total. The van der Waals surface area contributed by atoms with Crippen molar-refractivity contribution in [2.24, 2.45) is 0 Å². The predicted octanol–water partition coefficient (Wildman–Crippen LogP) is 2.98. The highest BCUT2D eigenvalue weighted by Gasteiger charge is 2.51. The van der Waals surface area contributed by atoms with Gasteiger partial charge in [0.1, 0.15) is 7.05 Å². The van der Waals surface area contributed by atoms with Crippen LogP contribution in [0.1, 0.15) is 38.2 Å². The van der Waals surface area contributed by atoms with E-state index in [1.807, 2.05) is 0 Å². The maximum Gasteiger partial charge on any atom is 0.159 e. The average Bonchev–Trinajstić information content (AvgIpc) is 2.33. The molecule has 1 aromatic rings. The molecule has 0 atom stereocenters. The summed E-state index contributed by atoms with van der Waals surface area (Å²) in [7, 11) is 2.25. The van der Waals surface area contributed by atoms with Gasteiger partial charge in [0.25, 0.3) is 0 Å². The fourth-order valence-corrected chi connectivity index (χ4v) is 3.38. The van der Waals surface area contributed by atoms with E-state index in [9.17, 15) is 0 Å². The van der Waals surface area contributed by atoms with Crippen LogP contribution < -0.4 is 0 Å². The predicted molar refractivity (Wildman–Crippen MR) is 67.2 cm³/mol. The first-order valence-electron chi connectivity index (χ1n) is 6.29. The highest BCUT2D eigenvalue weighted by Crippen LogP contribution is 2.46. The van der Waals surface area contributed by atoms with Gasteiger partial charge >= 0.3 is 0 Å². The summed E-state index contributed by atoms with van der Waals surface area (Å²) in [5.41, 5.74) is 2.26. The Hall–Kier alpha value is -1.11. The number of nitrogens with zero attached hydrogens (tertiary/aromatic N) is 1. The van der Waals surface area contributed by atoms with Crippen molar-refractivity contribution in [2.75, 3.05) is 7.05 Å². The summed E-state index contributed by atoms with van der Waals surface area (Å²) in [5.74, 6) is 0. The first kappa shape index (κ1) is 10.1. The minimum atomic E-state index is 0.327. The standard InChI is InChI=1S/C15H20N/c1-14-8-10-15(11-9-14,12-16(14)2)13-6-4-3-5-7-13/h3-7,12H,8-11H2,1-2H3/q+1. The molecule has 0 saturated heterocycles. The summed E-state index contributed by atoms with van der Waals surface area (Å²) in [6.45, 7) is 2.40. The number of fused-ring (bicyclic) bond motifs is 2. The molecule has 16 heavy (non-hydrogen) atoms. The highest BCUT2D eigenvalue weighted by molar-refractivity contribution is 5.71. The SMILES string of the molecule is C[N+]1=CC2(c3ccccc3)CCC1(C)CC2. The third-order valence-electron chi connectivity index (χ3n) is 4.86. The lowest BCUT2D eigenvalue weighted by Crippen LogP contribution is -2.54. The zero-order valence-corrected chi connectivity index (χ0v) is 10.2. The van der Waals surface area contributed by atoms with Crippen LogP contribution in [0.4, 0.5) is 0 Å². The molecule has 1 heteroatoms. The van der Waals surface area contributed by atoms with Crippen LogP contribution in [0.25, 0.3) is 0 Å². The van der Waals surface area contributed by atoms with Gasteiger partial charge in [-0.15, -0.1) is 0 Å². The Bertz CT molecular complexity index is 422. The molecule has 1 aliphatic carbocycles. The van der Waals surface area contributed by atoms with Crippen molar-refractivity contribution in [1.29, 1.82) is 0 Å².